The molecule has 1 fully saturated rings. The van der Waals surface area contributed by atoms with Gasteiger partial charge < -0.3 is 25.4 Å². The number of carbonyl (C=O) groups is 5. The zero-order chi connectivity index (χ0) is 23.7. The molecule has 11 heteroatoms. The minimum Gasteiger partial charge on any atom is -0.462 e. The molecule has 0 bridgehead atoms. The van der Waals surface area contributed by atoms with Gasteiger partial charge in [-0.3, -0.25) is 19.2 Å². The second-order valence-electron chi connectivity index (χ2n) is 7.32. The number of carbonyl (C=O) groups excluding carboxylic acids is 5. The fraction of sp³-hybridized carbons (Fsp3) is 0.571. The number of ether oxygens (including phenoxy) is 2. The number of rotatable bonds is 9. The molecule has 10 nitrogen and oxygen atoms in total. The van der Waals surface area contributed by atoms with E-state index < -0.39 is 30.4 Å². The van der Waals surface area contributed by atoms with Gasteiger partial charge in [0.05, 0.1) is 17.0 Å². The highest BCUT2D eigenvalue weighted by Crippen LogP contribution is 2.33. The van der Waals surface area contributed by atoms with Crippen LogP contribution in [0.4, 0.5) is 5.00 Å². The zero-order valence-corrected chi connectivity index (χ0v) is 19.3. The molecule has 0 unspecified atom stereocenters. The summed E-state index contributed by atoms with van der Waals surface area (Å²) in [7, 11) is 1.45. The molecule has 1 saturated carbocycles. The Kier molecular flexibility index (Phi) is 9.63. The van der Waals surface area contributed by atoms with Crippen LogP contribution in [-0.2, 0) is 23.9 Å². The summed E-state index contributed by atoms with van der Waals surface area (Å²) in [6.45, 7) is 2.42. The zero-order valence-electron chi connectivity index (χ0n) is 18.5. The number of anilines is 1. The topological polar surface area (TPSA) is 140 Å². The molecule has 3 amide bonds. The molecule has 0 aromatic carbocycles. The minimum atomic E-state index is -0.747. The lowest BCUT2D eigenvalue weighted by atomic mass is 9.89. The molecule has 0 radical (unpaired) electrons. The van der Waals surface area contributed by atoms with Crippen molar-refractivity contribution in [1.82, 2.24) is 10.6 Å². The Morgan fingerprint density at radius 1 is 1.06 bits per heavy atom. The second-order valence-corrected chi connectivity index (χ2v) is 8.34. The maximum atomic E-state index is 12.3. The van der Waals surface area contributed by atoms with Crippen LogP contribution >= 0.6 is 11.3 Å². The van der Waals surface area contributed by atoms with E-state index in [2.05, 4.69) is 16.0 Å². The number of hydrogen-bond donors (Lipinski definition) is 3. The van der Waals surface area contributed by atoms with Crippen LogP contribution in [0.1, 0.15) is 64.6 Å². The molecule has 1 heterocycles. The van der Waals surface area contributed by atoms with Crippen LogP contribution in [0.3, 0.4) is 0 Å². The molecule has 176 valence electrons. The number of amides is 3. The van der Waals surface area contributed by atoms with Gasteiger partial charge in [-0.1, -0.05) is 19.3 Å². The summed E-state index contributed by atoms with van der Waals surface area (Å²) in [5, 5.41) is 7.65. The normalized spacial score (nSPS) is 13.7. The number of nitrogens with one attached hydrogen (secondary N) is 3. The predicted octanol–water partition coefficient (Wildman–Crippen LogP) is 1.77. The molecule has 0 spiro atoms. The summed E-state index contributed by atoms with van der Waals surface area (Å²) in [6, 6.07) is 0. The van der Waals surface area contributed by atoms with E-state index in [0.717, 1.165) is 43.4 Å². The van der Waals surface area contributed by atoms with Crippen LogP contribution in [0.5, 0.6) is 0 Å². The number of thiophene rings is 1. The first kappa shape index (κ1) is 25.3. The van der Waals surface area contributed by atoms with Crippen molar-refractivity contribution >= 4 is 46.0 Å². The molecule has 1 aliphatic rings. The fourth-order valence-electron chi connectivity index (χ4n) is 3.41. The second kappa shape index (κ2) is 12.2. The Labute approximate surface area is 190 Å². The average molecular weight is 468 g/mol. The van der Waals surface area contributed by atoms with Crippen LogP contribution in [0.25, 0.3) is 0 Å². The maximum absolute atomic E-state index is 12.3. The predicted molar refractivity (Wildman–Crippen MR) is 118 cm³/mol. The van der Waals surface area contributed by atoms with Crippen molar-refractivity contribution in [2.24, 2.45) is 5.92 Å². The molecule has 2 rings (SSSR count). The average Bonchev–Trinajstić information content (AvgIpc) is 3.11. The molecule has 0 atom stereocenters. The first-order valence-corrected chi connectivity index (χ1v) is 11.4. The van der Waals surface area contributed by atoms with Crippen LogP contribution in [0.15, 0.2) is 0 Å². The Bertz CT molecular complexity index is 875. The first-order chi connectivity index (χ1) is 15.3. The maximum Gasteiger partial charge on any atom is 0.341 e. The summed E-state index contributed by atoms with van der Waals surface area (Å²) >= 11 is 0.923. The van der Waals surface area contributed by atoms with E-state index in [1.165, 1.54) is 7.05 Å². The van der Waals surface area contributed by atoms with Crippen LogP contribution < -0.4 is 16.0 Å². The number of esters is 2. The lowest BCUT2D eigenvalue weighted by molar-refractivity contribution is -0.147. The largest absolute Gasteiger partial charge is 0.462 e. The van der Waals surface area contributed by atoms with Crippen molar-refractivity contribution in [2.75, 3.05) is 32.1 Å². The SMILES string of the molecule is CCOC(=O)c1c(NC(=O)COC(=O)CNC(=O)C2CCCCC2)sc(C(=O)NC)c1C. The highest BCUT2D eigenvalue weighted by Gasteiger charge is 2.26. The van der Waals surface area contributed by atoms with Crippen LogP contribution in [0.2, 0.25) is 0 Å². The Balaban J connectivity index is 1.92. The van der Waals surface area contributed by atoms with E-state index in [1.54, 1.807) is 13.8 Å². The Morgan fingerprint density at radius 2 is 1.75 bits per heavy atom. The lowest BCUT2D eigenvalue weighted by Crippen LogP contribution is -2.36. The molecule has 1 aromatic heterocycles. The van der Waals surface area contributed by atoms with Gasteiger partial charge in [0.15, 0.2) is 6.61 Å². The molecule has 32 heavy (non-hydrogen) atoms. The smallest absolute Gasteiger partial charge is 0.341 e. The van der Waals surface area contributed by atoms with Crippen LogP contribution in [0, 0.1) is 12.8 Å². The Hall–Kier alpha value is -2.95. The van der Waals surface area contributed by atoms with E-state index in [1.807, 2.05) is 0 Å². The summed E-state index contributed by atoms with van der Waals surface area (Å²) in [6.07, 6.45) is 4.74. The molecule has 1 aromatic rings. The van der Waals surface area contributed by atoms with Crippen molar-refractivity contribution in [1.29, 1.82) is 0 Å². The monoisotopic (exact) mass is 467 g/mol. The van der Waals surface area contributed by atoms with Gasteiger partial charge in [-0.25, -0.2) is 4.79 Å². The van der Waals surface area contributed by atoms with Crippen LogP contribution in [-0.4, -0.2) is 56.5 Å². The molecule has 0 saturated heterocycles. The summed E-state index contributed by atoms with van der Waals surface area (Å²) in [5.41, 5.74) is 0.459. The van der Waals surface area contributed by atoms with Gasteiger partial charge in [0, 0.05) is 13.0 Å². The molecule has 0 aliphatic heterocycles. The number of hydrogen-bond acceptors (Lipinski definition) is 8. The Morgan fingerprint density at radius 3 is 2.38 bits per heavy atom. The van der Waals surface area contributed by atoms with Crippen molar-refractivity contribution in [3.8, 4) is 0 Å². The third-order valence-corrected chi connectivity index (χ3v) is 6.27. The van der Waals surface area contributed by atoms with E-state index in [4.69, 9.17) is 9.47 Å². The van der Waals surface area contributed by atoms with Crippen molar-refractivity contribution in [3.63, 3.8) is 0 Å². The fourth-order valence-corrected chi connectivity index (χ4v) is 4.57. The molecule has 3 N–H and O–H groups in total. The summed E-state index contributed by atoms with van der Waals surface area (Å²) in [5.74, 6) is -2.78. The van der Waals surface area contributed by atoms with Gasteiger partial charge in [-0.2, -0.15) is 0 Å². The highest BCUT2D eigenvalue weighted by atomic mass is 32.1. The van der Waals surface area contributed by atoms with Crippen molar-refractivity contribution < 1.29 is 33.4 Å². The quantitative estimate of drug-likeness (QED) is 0.470. The van der Waals surface area contributed by atoms with Gasteiger partial charge in [-0.05, 0) is 32.3 Å². The third kappa shape index (κ3) is 6.78. The molecular weight excluding hydrogens is 438 g/mol. The molecular formula is C21H29N3O7S. The van der Waals surface area contributed by atoms with Crippen molar-refractivity contribution in [3.05, 3.63) is 16.0 Å². The van der Waals surface area contributed by atoms with Gasteiger partial charge in [0.2, 0.25) is 5.91 Å². The van der Waals surface area contributed by atoms with E-state index in [-0.39, 0.29) is 40.4 Å². The highest BCUT2D eigenvalue weighted by molar-refractivity contribution is 7.18. The first-order valence-electron chi connectivity index (χ1n) is 10.5. The molecule has 1 aliphatic carbocycles. The van der Waals surface area contributed by atoms with Gasteiger partial charge in [-0.15, -0.1) is 11.3 Å². The van der Waals surface area contributed by atoms with Gasteiger partial charge >= 0.3 is 11.9 Å². The lowest BCUT2D eigenvalue weighted by Gasteiger charge is -2.20. The third-order valence-electron chi connectivity index (χ3n) is 5.06. The summed E-state index contributed by atoms with van der Waals surface area (Å²) < 4.78 is 9.93. The van der Waals surface area contributed by atoms with E-state index >= 15 is 0 Å². The summed E-state index contributed by atoms with van der Waals surface area (Å²) in [4.78, 5) is 60.9. The standard InChI is InChI=1S/C21H29N3O7S/c1-4-30-21(29)16-12(2)17(19(28)22-3)32-20(16)24-14(25)11-31-15(26)10-23-18(27)13-8-6-5-7-9-13/h13H,4-11H2,1-3H3,(H,22,28)(H,23,27)(H,24,25). The van der Waals surface area contributed by atoms with Crippen molar-refractivity contribution in [2.45, 2.75) is 46.0 Å². The van der Waals surface area contributed by atoms with Gasteiger partial charge in [0.1, 0.15) is 11.5 Å². The van der Waals surface area contributed by atoms with Gasteiger partial charge in [0.25, 0.3) is 11.8 Å². The van der Waals surface area contributed by atoms with E-state index in [0.29, 0.717) is 5.56 Å². The minimum absolute atomic E-state index is 0.0786. The van der Waals surface area contributed by atoms with E-state index in [9.17, 15) is 24.0 Å².